The second-order valence-electron chi connectivity index (χ2n) is 2.21. The smallest absolute Gasteiger partial charge is 0.251 e. The summed E-state index contributed by atoms with van der Waals surface area (Å²) >= 11 is 7.88. The quantitative estimate of drug-likeness (QED) is 0.792. The van der Waals surface area contributed by atoms with Crippen LogP contribution in [0.2, 0.25) is 5.02 Å². The second-order valence-corrected chi connectivity index (χ2v) is 3.78. The lowest BCUT2D eigenvalue weighted by Gasteiger charge is -2.00. The van der Waals surface area contributed by atoms with Crippen LogP contribution >= 0.6 is 34.2 Å². The Bertz CT molecular complexity index is 314. The summed E-state index contributed by atoms with van der Waals surface area (Å²) < 4.78 is 0.885. The number of halogens is 2. The normalized spacial score (nSPS) is 9.58. The SMILES string of the molecule is CNC(=O)c1ccc(Cl)c(I)c1. The number of hydrogen-bond acceptors (Lipinski definition) is 1. The molecule has 1 N–H and O–H groups in total. The maximum atomic E-state index is 11.1. The van der Waals surface area contributed by atoms with Crippen LogP contribution < -0.4 is 5.32 Å². The summed E-state index contributed by atoms with van der Waals surface area (Å²) in [6, 6.07) is 5.17. The maximum Gasteiger partial charge on any atom is 0.251 e. The van der Waals surface area contributed by atoms with Crippen molar-refractivity contribution in [2.75, 3.05) is 7.05 Å². The highest BCUT2D eigenvalue weighted by atomic mass is 127. The fourth-order valence-electron chi connectivity index (χ4n) is 0.782. The molecule has 0 atom stereocenters. The van der Waals surface area contributed by atoms with Crippen LogP contribution in [0.25, 0.3) is 0 Å². The number of benzene rings is 1. The first-order valence-corrected chi connectivity index (χ1v) is 4.78. The van der Waals surface area contributed by atoms with Crippen molar-refractivity contribution in [3.63, 3.8) is 0 Å². The van der Waals surface area contributed by atoms with Crippen LogP contribution in [0.4, 0.5) is 0 Å². The van der Waals surface area contributed by atoms with Crippen LogP contribution in [0.1, 0.15) is 10.4 Å². The zero-order valence-corrected chi connectivity index (χ0v) is 9.31. The van der Waals surface area contributed by atoms with E-state index < -0.39 is 0 Å². The van der Waals surface area contributed by atoms with Crippen molar-refractivity contribution >= 4 is 40.1 Å². The molecular formula is C8H7ClINO. The summed E-state index contributed by atoms with van der Waals surface area (Å²) in [5, 5.41) is 3.21. The summed E-state index contributed by atoms with van der Waals surface area (Å²) in [5.41, 5.74) is 0.631. The van der Waals surface area contributed by atoms with E-state index in [9.17, 15) is 4.79 Å². The third-order valence-electron chi connectivity index (χ3n) is 1.41. The first kappa shape index (κ1) is 9.80. The highest BCUT2D eigenvalue weighted by molar-refractivity contribution is 14.1. The molecule has 0 bridgehead atoms. The van der Waals surface area contributed by atoms with Gasteiger partial charge in [-0.1, -0.05) is 11.6 Å². The van der Waals surface area contributed by atoms with E-state index in [1.54, 1.807) is 25.2 Å². The van der Waals surface area contributed by atoms with Crippen molar-refractivity contribution in [2.45, 2.75) is 0 Å². The molecule has 64 valence electrons. The summed E-state index contributed by atoms with van der Waals surface area (Å²) in [4.78, 5) is 11.1. The fourth-order valence-corrected chi connectivity index (χ4v) is 1.41. The predicted octanol–water partition coefficient (Wildman–Crippen LogP) is 2.30. The Kier molecular flexibility index (Phi) is 3.34. The van der Waals surface area contributed by atoms with Crippen molar-refractivity contribution < 1.29 is 4.79 Å². The first-order chi connectivity index (χ1) is 5.65. The van der Waals surface area contributed by atoms with Gasteiger partial charge in [-0.3, -0.25) is 4.79 Å². The van der Waals surface area contributed by atoms with Gasteiger partial charge in [-0.15, -0.1) is 0 Å². The molecule has 0 aliphatic heterocycles. The van der Waals surface area contributed by atoms with E-state index in [4.69, 9.17) is 11.6 Å². The molecule has 0 aliphatic carbocycles. The van der Waals surface area contributed by atoms with Crippen LogP contribution in [0, 0.1) is 3.57 Å². The maximum absolute atomic E-state index is 11.1. The lowest BCUT2D eigenvalue weighted by atomic mass is 10.2. The van der Waals surface area contributed by atoms with Crippen LogP contribution in [0.3, 0.4) is 0 Å². The molecular weight excluding hydrogens is 288 g/mol. The monoisotopic (exact) mass is 295 g/mol. The Morgan fingerprint density at radius 3 is 2.75 bits per heavy atom. The van der Waals surface area contributed by atoms with Crippen LogP contribution in [0.15, 0.2) is 18.2 Å². The summed E-state index contributed by atoms with van der Waals surface area (Å²) in [6.07, 6.45) is 0. The Morgan fingerprint density at radius 1 is 1.58 bits per heavy atom. The van der Waals surface area contributed by atoms with E-state index >= 15 is 0 Å². The van der Waals surface area contributed by atoms with Gasteiger partial charge in [-0.25, -0.2) is 0 Å². The average molecular weight is 296 g/mol. The van der Waals surface area contributed by atoms with Gasteiger partial charge in [-0.2, -0.15) is 0 Å². The number of carbonyl (C=O) groups excluding carboxylic acids is 1. The molecule has 0 fully saturated rings. The second kappa shape index (κ2) is 4.09. The molecule has 0 aliphatic rings. The Labute approximate surface area is 89.4 Å². The molecule has 1 aromatic rings. The van der Waals surface area contributed by atoms with Crippen molar-refractivity contribution in [1.29, 1.82) is 0 Å². The molecule has 0 aromatic heterocycles. The molecule has 1 amide bonds. The largest absolute Gasteiger partial charge is 0.355 e. The number of rotatable bonds is 1. The lowest BCUT2D eigenvalue weighted by Crippen LogP contribution is -2.17. The van der Waals surface area contributed by atoms with E-state index in [0.29, 0.717) is 10.6 Å². The topological polar surface area (TPSA) is 29.1 Å². The van der Waals surface area contributed by atoms with Crippen molar-refractivity contribution in [2.24, 2.45) is 0 Å². The Balaban J connectivity index is 3.05. The Morgan fingerprint density at radius 2 is 2.25 bits per heavy atom. The van der Waals surface area contributed by atoms with Gasteiger partial charge in [0.15, 0.2) is 0 Å². The highest BCUT2D eigenvalue weighted by Gasteiger charge is 2.04. The zero-order valence-electron chi connectivity index (χ0n) is 6.40. The molecule has 0 spiro atoms. The van der Waals surface area contributed by atoms with Crippen molar-refractivity contribution in [1.82, 2.24) is 5.32 Å². The number of amides is 1. The van der Waals surface area contributed by atoms with Crippen LogP contribution in [-0.4, -0.2) is 13.0 Å². The molecule has 2 nitrogen and oxygen atoms in total. The lowest BCUT2D eigenvalue weighted by molar-refractivity contribution is 0.0963. The Hall–Kier alpha value is -0.290. The van der Waals surface area contributed by atoms with Gasteiger partial charge in [0.25, 0.3) is 5.91 Å². The molecule has 12 heavy (non-hydrogen) atoms. The average Bonchev–Trinajstić information content (AvgIpc) is 2.08. The molecule has 0 saturated carbocycles. The van der Waals surface area contributed by atoms with Gasteiger partial charge in [-0.05, 0) is 40.8 Å². The van der Waals surface area contributed by atoms with Crippen molar-refractivity contribution in [3.8, 4) is 0 Å². The van der Waals surface area contributed by atoms with E-state index in [1.165, 1.54) is 0 Å². The third kappa shape index (κ3) is 2.10. The van der Waals surface area contributed by atoms with Gasteiger partial charge in [0, 0.05) is 16.2 Å². The van der Waals surface area contributed by atoms with Crippen LogP contribution in [0.5, 0.6) is 0 Å². The minimum Gasteiger partial charge on any atom is -0.355 e. The van der Waals surface area contributed by atoms with Gasteiger partial charge in [0.05, 0.1) is 5.02 Å². The molecule has 0 heterocycles. The highest BCUT2D eigenvalue weighted by Crippen LogP contribution is 2.19. The summed E-state index contributed by atoms with van der Waals surface area (Å²) in [7, 11) is 1.60. The minimum absolute atomic E-state index is 0.0930. The molecule has 4 heteroatoms. The standard InChI is InChI=1S/C8H7ClINO/c1-11-8(12)5-2-3-6(9)7(10)4-5/h2-4H,1H3,(H,11,12). The number of hydrogen-bond donors (Lipinski definition) is 1. The number of nitrogens with one attached hydrogen (secondary N) is 1. The molecule has 1 rings (SSSR count). The molecule has 1 aromatic carbocycles. The third-order valence-corrected chi connectivity index (χ3v) is 2.95. The van der Waals surface area contributed by atoms with Gasteiger partial charge in [0.2, 0.25) is 0 Å². The van der Waals surface area contributed by atoms with E-state index in [-0.39, 0.29) is 5.91 Å². The van der Waals surface area contributed by atoms with Gasteiger partial charge >= 0.3 is 0 Å². The molecule has 0 radical (unpaired) electrons. The van der Waals surface area contributed by atoms with Crippen molar-refractivity contribution in [3.05, 3.63) is 32.4 Å². The zero-order chi connectivity index (χ0) is 9.14. The first-order valence-electron chi connectivity index (χ1n) is 3.32. The number of carbonyl (C=O) groups is 1. The molecule has 0 unspecified atom stereocenters. The summed E-state index contributed by atoms with van der Waals surface area (Å²) in [6.45, 7) is 0. The van der Waals surface area contributed by atoms with Gasteiger partial charge < -0.3 is 5.32 Å². The minimum atomic E-state index is -0.0930. The summed E-state index contributed by atoms with van der Waals surface area (Å²) in [5.74, 6) is -0.0930. The van der Waals surface area contributed by atoms with E-state index in [1.807, 2.05) is 0 Å². The predicted molar refractivity (Wildman–Crippen MR) is 57.6 cm³/mol. The molecule has 0 saturated heterocycles. The van der Waals surface area contributed by atoms with Gasteiger partial charge in [0.1, 0.15) is 0 Å². The fraction of sp³-hybridized carbons (Fsp3) is 0.125. The van der Waals surface area contributed by atoms with E-state index in [2.05, 4.69) is 27.9 Å². The van der Waals surface area contributed by atoms with Crippen LogP contribution in [-0.2, 0) is 0 Å². The van der Waals surface area contributed by atoms with E-state index in [0.717, 1.165) is 3.57 Å².